The molecule has 4 aromatic carbocycles. The summed E-state index contributed by atoms with van der Waals surface area (Å²) >= 11 is 0. The number of amides is 3. The van der Waals surface area contributed by atoms with Crippen LogP contribution in [0.4, 0.5) is 16.2 Å². The van der Waals surface area contributed by atoms with Crippen LogP contribution in [0, 0.1) is 13.8 Å². The lowest BCUT2D eigenvalue weighted by Gasteiger charge is -2.37. The zero-order valence-corrected chi connectivity index (χ0v) is 34.7. The number of aryl methyl sites for hydroxylation is 2. The van der Waals surface area contributed by atoms with Crippen molar-refractivity contribution in [3.8, 4) is 16.9 Å². The number of fused-ring (bicyclic) bond motifs is 1. The van der Waals surface area contributed by atoms with Crippen molar-refractivity contribution in [2.75, 3.05) is 50.2 Å². The molecular formula is C47H56N6O7. The number of carbonyl (C=O) groups is 3. The van der Waals surface area contributed by atoms with E-state index in [0.29, 0.717) is 43.3 Å². The summed E-state index contributed by atoms with van der Waals surface area (Å²) in [5.41, 5.74) is 6.85. The van der Waals surface area contributed by atoms with Crippen LogP contribution >= 0.6 is 0 Å². The Morgan fingerprint density at radius 3 is 2.42 bits per heavy atom. The van der Waals surface area contributed by atoms with Crippen molar-refractivity contribution < 1.29 is 29.3 Å². The number of benzene rings is 4. The summed E-state index contributed by atoms with van der Waals surface area (Å²) in [4.78, 5) is 55.6. The number of anilines is 2. The fourth-order valence-electron chi connectivity index (χ4n) is 7.62. The summed E-state index contributed by atoms with van der Waals surface area (Å²) in [5, 5.41) is 31.6. The van der Waals surface area contributed by atoms with Gasteiger partial charge in [0.25, 0.3) is 0 Å². The number of aliphatic hydroxyl groups excluding tert-OH is 1. The number of aromatic hydroxyl groups is 1. The van der Waals surface area contributed by atoms with E-state index >= 15 is 0 Å². The van der Waals surface area contributed by atoms with Gasteiger partial charge < -0.3 is 35.5 Å². The second kappa shape index (κ2) is 20.8. The van der Waals surface area contributed by atoms with Gasteiger partial charge in [-0.3, -0.25) is 14.4 Å². The summed E-state index contributed by atoms with van der Waals surface area (Å²) < 4.78 is 5.74. The number of pyridine rings is 1. The number of hydrogen-bond donors (Lipinski definition) is 5. The number of nitrogens with one attached hydrogen (secondary N) is 3. The van der Waals surface area contributed by atoms with Crippen LogP contribution in [0.3, 0.4) is 0 Å². The van der Waals surface area contributed by atoms with Crippen LogP contribution in [-0.2, 0) is 20.9 Å². The Bertz CT molecular complexity index is 2330. The van der Waals surface area contributed by atoms with Crippen LogP contribution in [0.2, 0.25) is 0 Å². The van der Waals surface area contributed by atoms with Gasteiger partial charge in [0.05, 0.1) is 23.7 Å². The van der Waals surface area contributed by atoms with E-state index in [1.54, 1.807) is 29.1 Å². The third-order valence-electron chi connectivity index (χ3n) is 11.0. The van der Waals surface area contributed by atoms with Crippen molar-refractivity contribution in [1.82, 2.24) is 20.2 Å². The number of rotatable bonds is 17. The monoisotopic (exact) mass is 816 g/mol. The maximum Gasteiger partial charge on any atom is 0.429 e. The molecule has 0 spiro atoms. The maximum absolute atomic E-state index is 13.7. The molecular weight excluding hydrogens is 761 g/mol. The Hall–Kier alpha value is -6.02. The highest BCUT2D eigenvalue weighted by molar-refractivity contribution is 5.93. The maximum atomic E-state index is 13.7. The Labute approximate surface area is 350 Å². The fraction of sp³-hybridized carbons (Fsp3) is 0.362. The lowest BCUT2D eigenvalue weighted by molar-refractivity contribution is -0.130. The summed E-state index contributed by atoms with van der Waals surface area (Å²) in [7, 11) is 1.72. The second-order valence-electron chi connectivity index (χ2n) is 15.4. The van der Waals surface area contributed by atoms with Gasteiger partial charge in [0.15, 0.2) is 0 Å². The zero-order valence-electron chi connectivity index (χ0n) is 34.7. The molecule has 0 aliphatic carbocycles. The van der Waals surface area contributed by atoms with E-state index in [4.69, 9.17) is 4.74 Å². The highest BCUT2D eigenvalue weighted by atomic mass is 16.6. The predicted octanol–water partition coefficient (Wildman–Crippen LogP) is 7.34. The van der Waals surface area contributed by atoms with Crippen LogP contribution in [0.1, 0.15) is 73.3 Å². The van der Waals surface area contributed by atoms with Gasteiger partial charge in [0.1, 0.15) is 12.4 Å². The second-order valence-corrected chi connectivity index (χ2v) is 15.4. The van der Waals surface area contributed by atoms with Crippen LogP contribution in [0.25, 0.3) is 22.0 Å². The van der Waals surface area contributed by atoms with Crippen molar-refractivity contribution in [2.24, 2.45) is 0 Å². The molecule has 1 unspecified atom stereocenters. The number of phenols is 1. The molecule has 5 aromatic rings. The number of hydrazine groups is 1. The zero-order chi connectivity index (χ0) is 42.6. The normalized spacial score (nSPS) is 13.5. The number of unbranched alkanes of at least 4 members (excludes halogenated alkanes) is 1. The third kappa shape index (κ3) is 11.2. The minimum absolute atomic E-state index is 0.0426. The van der Waals surface area contributed by atoms with Crippen LogP contribution in [-0.4, -0.2) is 82.8 Å². The van der Waals surface area contributed by atoms with Crippen molar-refractivity contribution in [2.45, 2.75) is 71.4 Å². The van der Waals surface area contributed by atoms with Gasteiger partial charge in [0, 0.05) is 68.9 Å². The van der Waals surface area contributed by atoms with Gasteiger partial charge in [-0.05, 0) is 91.6 Å². The summed E-state index contributed by atoms with van der Waals surface area (Å²) in [6, 6.07) is 27.8. The van der Waals surface area contributed by atoms with Crippen molar-refractivity contribution in [3.63, 3.8) is 0 Å². The number of piperidine rings is 1. The van der Waals surface area contributed by atoms with E-state index in [2.05, 4.69) is 15.6 Å². The molecule has 1 saturated heterocycles. The van der Waals surface area contributed by atoms with E-state index < -0.39 is 12.2 Å². The van der Waals surface area contributed by atoms with E-state index in [1.165, 1.54) is 12.1 Å². The summed E-state index contributed by atoms with van der Waals surface area (Å²) in [6.45, 7) is 6.54. The number of aliphatic hydroxyl groups is 1. The number of para-hydroxylation sites is 1. The number of hydrogen-bond acceptors (Lipinski definition) is 9. The SMILES string of the molecule is Cc1cc(NC(=O)CCCCN(C)C(=O)CCOC(=O)N(c2ccccc2-c2ccccc2)N2CCCCC2)c(C)cc1CNCC(O)c1ccc(O)c2[nH]c(=O)ccc12. The van der Waals surface area contributed by atoms with Crippen molar-refractivity contribution in [1.29, 1.82) is 0 Å². The van der Waals surface area contributed by atoms with Crippen molar-refractivity contribution in [3.05, 3.63) is 124 Å². The van der Waals surface area contributed by atoms with Gasteiger partial charge in [-0.15, -0.1) is 0 Å². The fourth-order valence-corrected chi connectivity index (χ4v) is 7.62. The minimum Gasteiger partial charge on any atom is -0.506 e. The first-order valence-corrected chi connectivity index (χ1v) is 20.7. The predicted molar refractivity (Wildman–Crippen MR) is 235 cm³/mol. The third-order valence-corrected chi connectivity index (χ3v) is 11.0. The molecule has 0 saturated carbocycles. The largest absolute Gasteiger partial charge is 0.506 e. The van der Waals surface area contributed by atoms with Gasteiger partial charge in [-0.1, -0.05) is 67.1 Å². The molecule has 1 aromatic heterocycles. The van der Waals surface area contributed by atoms with Gasteiger partial charge in [0.2, 0.25) is 17.4 Å². The lowest BCUT2D eigenvalue weighted by Crippen LogP contribution is -2.49. The van der Waals surface area contributed by atoms with E-state index in [9.17, 15) is 29.4 Å². The standard InChI is InChI=1S/C47H56N6O7/c1-32-29-39(33(2)28-35(32)30-48-31-42(55)37-19-21-41(54)46-38(37)20-22-44(57)50-46)49-43(56)18-10-13-24-51(3)45(58)23-27-60-47(59)53(52-25-11-5-12-26-52)40-17-9-8-16-36(40)34-14-6-4-7-15-34/h4,6-9,14-17,19-22,28-29,42,48,54-55H,5,10-13,18,23-27,30-31H2,1-3H3,(H,49,56)(H,50,57). The highest BCUT2D eigenvalue weighted by Crippen LogP contribution is 2.33. The number of ether oxygens (including phenoxy) is 1. The smallest absolute Gasteiger partial charge is 0.429 e. The molecule has 13 nitrogen and oxygen atoms in total. The van der Waals surface area contributed by atoms with E-state index in [-0.39, 0.29) is 48.2 Å². The van der Waals surface area contributed by atoms with Gasteiger partial charge >= 0.3 is 6.09 Å². The lowest BCUT2D eigenvalue weighted by atomic mass is 10.0. The number of aromatic amines is 1. The molecule has 13 heteroatoms. The number of carbonyl (C=O) groups excluding carboxylic acids is 3. The molecule has 0 bridgehead atoms. The average Bonchev–Trinajstić information content (AvgIpc) is 3.25. The summed E-state index contributed by atoms with van der Waals surface area (Å²) in [5.74, 6) is -0.305. The molecule has 1 fully saturated rings. The number of aromatic nitrogens is 1. The van der Waals surface area contributed by atoms with Crippen LogP contribution in [0.5, 0.6) is 5.75 Å². The first-order chi connectivity index (χ1) is 29.0. The molecule has 316 valence electrons. The van der Waals surface area contributed by atoms with Gasteiger partial charge in [-0.2, -0.15) is 0 Å². The molecule has 1 atom stereocenters. The molecule has 1 aliphatic heterocycles. The van der Waals surface area contributed by atoms with Crippen LogP contribution in [0.15, 0.2) is 95.8 Å². The molecule has 6 rings (SSSR count). The quantitative estimate of drug-likeness (QED) is 0.0604. The topological polar surface area (TPSA) is 168 Å². The number of phenolic OH excluding ortho intramolecular Hbond substituents is 1. The molecule has 1 aliphatic rings. The van der Waals surface area contributed by atoms with Crippen molar-refractivity contribution >= 4 is 40.2 Å². The molecule has 2 heterocycles. The van der Waals surface area contributed by atoms with Crippen LogP contribution < -0.4 is 21.2 Å². The Kier molecular flexibility index (Phi) is 15.1. The minimum atomic E-state index is -0.878. The average molecular weight is 817 g/mol. The molecule has 5 N–H and O–H groups in total. The van der Waals surface area contributed by atoms with Gasteiger partial charge in [-0.25, -0.2) is 14.8 Å². The Morgan fingerprint density at radius 2 is 1.63 bits per heavy atom. The molecule has 60 heavy (non-hydrogen) atoms. The van der Waals surface area contributed by atoms with E-state index in [0.717, 1.165) is 71.5 Å². The molecule has 3 amide bonds. The number of nitrogens with zero attached hydrogens (tertiary/aromatic N) is 3. The number of H-pyrrole nitrogens is 1. The summed E-state index contributed by atoms with van der Waals surface area (Å²) in [6.07, 6.45) is 3.29. The molecule has 0 radical (unpaired) electrons. The highest BCUT2D eigenvalue weighted by Gasteiger charge is 2.29. The Morgan fingerprint density at radius 1 is 0.883 bits per heavy atom. The first kappa shape index (κ1) is 43.6. The Balaban J connectivity index is 0.921. The first-order valence-electron chi connectivity index (χ1n) is 20.7. The van der Waals surface area contributed by atoms with E-state index in [1.807, 2.05) is 85.6 Å².